The van der Waals surface area contributed by atoms with E-state index >= 15 is 0 Å². The Labute approximate surface area is 174 Å². The Morgan fingerprint density at radius 3 is 2.41 bits per heavy atom. The number of rotatable bonds is 5. The number of carbonyl (C=O) groups excluding carboxylic acids is 2. The SMILES string of the molecule is Cc1cc(NC(=O)COC(=O)C23C[C@@H]4C[C@@H](CC(Cl)(C4)C2)C3)c([N+](=O)[O-])cc1C. The minimum atomic E-state index is -0.588. The second-order valence-corrected chi connectivity index (χ2v) is 10.0. The van der Waals surface area contributed by atoms with Gasteiger partial charge in [-0.2, -0.15) is 0 Å². The number of hydrogen-bond acceptors (Lipinski definition) is 5. The zero-order valence-electron chi connectivity index (χ0n) is 16.6. The summed E-state index contributed by atoms with van der Waals surface area (Å²) in [5.74, 6) is -0.0435. The Morgan fingerprint density at radius 1 is 1.21 bits per heavy atom. The Hall–Kier alpha value is -2.15. The van der Waals surface area contributed by atoms with Crippen LogP contribution in [0.25, 0.3) is 0 Å². The van der Waals surface area contributed by atoms with Crippen LogP contribution in [0.2, 0.25) is 0 Å². The minimum Gasteiger partial charge on any atom is -0.455 e. The number of anilines is 1. The van der Waals surface area contributed by atoms with Gasteiger partial charge in [0, 0.05) is 10.9 Å². The highest BCUT2D eigenvalue weighted by molar-refractivity contribution is 6.24. The molecule has 2 unspecified atom stereocenters. The van der Waals surface area contributed by atoms with Crippen molar-refractivity contribution < 1.29 is 19.2 Å². The Morgan fingerprint density at radius 2 is 1.83 bits per heavy atom. The van der Waals surface area contributed by atoms with Gasteiger partial charge in [-0.3, -0.25) is 19.7 Å². The van der Waals surface area contributed by atoms with Gasteiger partial charge in [-0.05, 0) is 81.4 Å². The van der Waals surface area contributed by atoms with Crippen molar-refractivity contribution in [2.75, 3.05) is 11.9 Å². The number of esters is 1. The van der Waals surface area contributed by atoms with Crippen LogP contribution >= 0.6 is 11.6 Å². The van der Waals surface area contributed by atoms with E-state index in [1.165, 1.54) is 6.07 Å². The molecule has 4 bridgehead atoms. The highest BCUT2D eigenvalue weighted by atomic mass is 35.5. The van der Waals surface area contributed by atoms with Gasteiger partial charge in [0.05, 0.1) is 10.3 Å². The number of nitrogens with zero attached hydrogens (tertiary/aromatic N) is 1. The summed E-state index contributed by atoms with van der Waals surface area (Å²) in [6.07, 6.45) is 5.20. The monoisotopic (exact) mass is 420 g/mol. The van der Waals surface area contributed by atoms with Crippen molar-refractivity contribution in [3.63, 3.8) is 0 Å². The molecule has 1 aromatic carbocycles. The van der Waals surface area contributed by atoms with Crippen LogP contribution in [0.1, 0.15) is 49.7 Å². The summed E-state index contributed by atoms with van der Waals surface area (Å²) in [6, 6.07) is 2.98. The normalized spacial score (nSPS) is 32.1. The van der Waals surface area contributed by atoms with Crippen LogP contribution in [-0.4, -0.2) is 28.3 Å². The molecule has 4 saturated carbocycles. The van der Waals surface area contributed by atoms with Crippen LogP contribution in [0.4, 0.5) is 11.4 Å². The molecule has 5 rings (SSSR count). The number of halogens is 1. The maximum atomic E-state index is 12.9. The molecular weight excluding hydrogens is 396 g/mol. The maximum Gasteiger partial charge on any atom is 0.312 e. The molecule has 0 spiro atoms. The van der Waals surface area contributed by atoms with E-state index in [0.29, 0.717) is 18.3 Å². The van der Waals surface area contributed by atoms with Crippen molar-refractivity contribution in [2.24, 2.45) is 17.3 Å². The van der Waals surface area contributed by atoms with Crippen LogP contribution in [-0.2, 0) is 14.3 Å². The van der Waals surface area contributed by atoms with Gasteiger partial charge in [-0.1, -0.05) is 0 Å². The molecule has 1 aromatic rings. The maximum absolute atomic E-state index is 12.9. The lowest BCUT2D eigenvalue weighted by Crippen LogP contribution is -2.56. The van der Waals surface area contributed by atoms with Crippen LogP contribution < -0.4 is 5.32 Å². The lowest BCUT2D eigenvalue weighted by molar-refractivity contribution is -0.384. The predicted octanol–water partition coefficient (Wildman–Crippen LogP) is 4.27. The summed E-state index contributed by atoms with van der Waals surface area (Å²) < 4.78 is 5.38. The van der Waals surface area contributed by atoms with Crippen LogP contribution in [0, 0.1) is 41.2 Å². The number of nitro groups is 1. The number of aryl methyl sites for hydroxylation is 2. The van der Waals surface area contributed by atoms with Gasteiger partial charge in [0.1, 0.15) is 5.69 Å². The molecule has 4 aliphatic rings. The summed E-state index contributed by atoms with van der Waals surface area (Å²) in [6.45, 7) is 3.11. The largest absolute Gasteiger partial charge is 0.455 e. The van der Waals surface area contributed by atoms with Gasteiger partial charge in [0.2, 0.25) is 0 Å². The molecule has 0 radical (unpaired) electrons. The molecule has 0 heterocycles. The first-order valence-corrected chi connectivity index (χ1v) is 10.4. The zero-order chi connectivity index (χ0) is 21.0. The summed E-state index contributed by atoms with van der Waals surface area (Å²) in [5.41, 5.74) is 0.923. The number of benzene rings is 1. The molecule has 8 heteroatoms. The minimum absolute atomic E-state index is 0.105. The average Bonchev–Trinajstić information content (AvgIpc) is 2.60. The number of amides is 1. The van der Waals surface area contributed by atoms with E-state index in [1.54, 1.807) is 13.0 Å². The topological polar surface area (TPSA) is 98.5 Å². The van der Waals surface area contributed by atoms with Crippen LogP contribution in [0.5, 0.6) is 0 Å². The summed E-state index contributed by atoms with van der Waals surface area (Å²) in [4.78, 5) is 35.7. The molecule has 1 N–H and O–H groups in total. The Kier molecular flexibility index (Phi) is 4.84. The summed E-state index contributed by atoms with van der Waals surface area (Å²) in [5, 5.41) is 13.8. The fraction of sp³-hybridized carbons (Fsp3) is 0.619. The number of nitro benzene ring substituents is 1. The van der Waals surface area contributed by atoms with Gasteiger partial charge in [-0.25, -0.2) is 0 Å². The average molecular weight is 421 g/mol. The molecule has 7 nitrogen and oxygen atoms in total. The summed E-state index contributed by atoms with van der Waals surface area (Å²) >= 11 is 6.76. The van der Waals surface area contributed by atoms with Crippen molar-refractivity contribution in [3.8, 4) is 0 Å². The molecular formula is C21H25ClN2O5. The third-order valence-electron chi connectivity index (χ3n) is 6.84. The van der Waals surface area contributed by atoms with Crippen molar-refractivity contribution in [1.82, 2.24) is 0 Å². The second-order valence-electron chi connectivity index (χ2n) is 9.23. The molecule has 156 valence electrons. The molecule has 0 aliphatic heterocycles. The molecule has 1 amide bonds. The molecule has 4 atom stereocenters. The lowest BCUT2D eigenvalue weighted by Gasteiger charge is -2.58. The Bertz CT molecular complexity index is 885. The van der Waals surface area contributed by atoms with E-state index in [9.17, 15) is 19.7 Å². The highest BCUT2D eigenvalue weighted by Crippen LogP contribution is 2.64. The number of ether oxygens (including phenoxy) is 1. The smallest absolute Gasteiger partial charge is 0.312 e. The van der Waals surface area contributed by atoms with Gasteiger partial charge >= 0.3 is 5.97 Å². The summed E-state index contributed by atoms with van der Waals surface area (Å²) in [7, 11) is 0. The third-order valence-corrected chi connectivity index (χ3v) is 7.28. The lowest BCUT2D eigenvalue weighted by atomic mass is 9.49. The van der Waals surface area contributed by atoms with Crippen molar-refractivity contribution in [3.05, 3.63) is 33.4 Å². The fourth-order valence-electron chi connectivity index (χ4n) is 5.91. The van der Waals surface area contributed by atoms with Crippen molar-refractivity contribution in [2.45, 2.75) is 57.2 Å². The zero-order valence-corrected chi connectivity index (χ0v) is 17.4. The van der Waals surface area contributed by atoms with Gasteiger partial charge in [-0.15, -0.1) is 11.6 Å². The van der Waals surface area contributed by atoms with E-state index in [-0.39, 0.29) is 22.2 Å². The van der Waals surface area contributed by atoms with E-state index in [1.807, 2.05) is 6.92 Å². The molecule has 4 aliphatic carbocycles. The fourth-order valence-corrected chi connectivity index (χ4v) is 6.60. The van der Waals surface area contributed by atoms with E-state index < -0.39 is 22.9 Å². The van der Waals surface area contributed by atoms with Crippen molar-refractivity contribution in [1.29, 1.82) is 0 Å². The van der Waals surface area contributed by atoms with E-state index in [4.69, 9.17) is 16.3 Å². The number of alkyl halides is 1. The molecule has 0 aromatic heterocycles. The Balaban J connectivity index is 1.41. The predicted molar refractivity (Wildman–Crippen MR) is 108 cm³/mol. The van der Waals surface area contributed by atoms with Crippen LogP contribution in [0.3, 0.4) is 0 Å². The van der Waals surface area contributed by atoms with Gasteiger partial charge in [0.15, 0.2) is 6.61 Å². The molecule has 4 fully saturated rings. The number of carbonyl (C=O) groups is 2. The van der Waals surface area contributed by atoms with Gasteiger partial charge < -0.3 is 10.1 Å². The number of nitrogens with one attached hydrogen (secondary N) is 1. The third kappa shape index (κ3) is 3.72. The molecule has 0 saturated heterocycles. The first-order valence-electron chi connectivity index (χ1n) is 10.0. The first-order chi connectivity index (χ1) is 13.6. The second kappa shape index (κ2) is 6.97. The quantitative estimate of drug-likeness (QED) is 0.332. The van der Waals surface area contributed by atoms with Crippen LogP contribution in [0.15, 0.2) is 12.1 Å². The standard InChI is InChI=1S/C21H25ClN2O5/c1-12-3-16(17(24(27)28)4-13(12)2)23-18(25)10-29-19(26)20-6-14-5-15(7-20)9-21(22,8-14)11-20/h3-4,14-15H,5-11H2,1-2H3,(H,23,25)/t14-,15+,20?,21?. The first kappa shape index (κ1) is 20.1. The van der Waals surface area contributed by atoms with Crippen molar-refractivity contribution >= 4 is 34.9 Å². The van der Waals surface area contributed by atoms with Gasteiger partial charge in [0.25, 0.3) is 11.6 Å². The number of hydrogen-bond donors (Lipinski definition) is 1. The highest BCUT2D eigenvalue weighted by Gasteiger charge is 2.60. The van der Waals surface area contributed by atoms with E-state index in [2.05, 4.69) is 5.32 Å². The van der Waals surface area contributed by atoms with E-state index in [0.717, 1.165) is 43.2 Å². The molecule has 29 heavy (non-hydrogen) atoms.